The molecule has 2 aliphatic rings. The molecule has 0 bridgehead atoms. The van der Waals surface area contributed by atoms with Crippen molar-refractivity contribution in [1.82, 2.24) is 14.7 Å². The summed E-state index contributed by atoms with van der Waals surface area (Å²) in [6, 6.07) is 14.2. The van der Waals surface area contributed by atoms with Gasteiger partial charge in [-0.2, -0.15) is 18.3 Å². The van der Waals surface area contributed by atoms with Crippen molar-refractivity contribution in [1.29, 1.82) is 0 Å². The first-order valence-electron chi connectivity index (χ1n) is 14.4. The number of halogens is 4. The third-order valence-corrected chi connectivity index (χ3v) is 12.2. The minimum atomic E-state index is -4.52. The molecule has 0 radical (unpaired) electrons. The lowest BCUT2D eigenvalue weighted by molar-refractivity contribution is -0.137. The van der Waals surface area contributed by atoms with Gasteiger partial charge in [-0.1, -0.05) is 28.1 Å². The molecule has 0 amide bonds. The average molecular weight is 653 g/mol. The topological polar surface area (TPSA) is 55.2 Å². The number of likely N-dealkylation sites (tertiary alicyclic amines) is 1. The summed E-state index contributed by atoms with van der Waals surface area (Å²) in [4.78, 5) is 2.48. The molecule has 1 aromatic heterocycles. The number of rotatable bonds is 7. The Morgan fingerprint density at radius 1 is 0.976 bits per heavy atom. The Labute approximate surface area is 249 Å². The molecule has 1 saturated carbocycles. The van der Waals surface area contributed by atoms with Gasteiger partial charge < -0.3 is 4.90 Å². The molecule has 1 aliphatic carbocycles. The summed E-state index contributed by atoms with van der Waals surface area (Å²) in [5, 5.41) is 4.62. The minimum absolute atomic E-state index is 0.0373. The van der Waals surface area contributed by atoms with Crippen LogP contribution in [0.2, 0.25) is 0 Å². The highest BCUT2D eigenvalue weighted by Gasteiger charge is 2.48. The Hall–Kier alpha value is -2.17. The maximum absolute atomic E-state index is 14.2. The van der Waals surface area contributed by atoms with E-state index in [4.69, 9.17) is 0 Å². The maximum Gasteiger partial charge on any atom is 0.416 e. The van der Waals surface area contributed by atoms with E-state index in [0.717, 1.165) is 85.3 Å². The lowest BCUT2D eigenvalue weighted by Gasteiger charge is -2.45. The Morgan fingerprint density at radius 3 is 2.15 bits per heavy atom. The molecule has 0 atom stereocenters. The van der Waals surface area contributed by atoms with Crippen molar-refractivity contribution in [2.24, 2.45) is 0 Å². The number of aromatic nitrogens is 2. The smallest absolute Gasteiger partial charge is 0.300 e. The van der Waals surface area contributed by atoms with Crippen molar-refractivity contribution in [3.05, 3.63) is 81.6 Å². The minimum Gasteiger partial charge on any atom is -0.300 e. The summed E-state index contributed by atoms with van der Waals surface area (Å²) in [6.07, 6.45) is 0.347. The number of aryl methyl sites for hydroxylation is 2. The first-order chi connectivity index (χ1) is 19.4. The highest BCUT2D eigenvalue weighted by molar-refractivity contribution is 9.10. The van der Waals surface area contributed by atoms with Crippen LogP contribution in [0.5, 0.6) is 0 Å². The molecule has 222 valence electrons. The van der Waals surface area contributed by atoms with Gasteiger partial charge in [0, 0.05) is 28.7 Å². The van der Waals surface area contributed by atoms with Crippen molar-refractivity contribution >= 4 is 25.8 Å². The number of benzene rings is 2. The number of hydrogen-bond donors (Lipinski definition) is 0. The number of nitrogens with zero attached hydrogens (tertiary/aromatic N) is 3. The quantitative estimate of drug-likeness (QED) is 0.264. The molecule has 2 heterocycles. The molecule has 0 spiro atoms. The van der Waals surface area contributed by atoms with Gasteiger partial charge in [0.05, 0.1) is 20.9 Å². The summed E-state index contributed by atoms with van der Waals surface area (Å²) in [5.41, 5.74) is 2.42. The van der Waals surface area contributed by atoms with Crippen LogP contribution in [0.25, 0.3) is 0 Å². The molecule has 0 unspecified atom stereocenters. The van der Waals surface area contributed by atoms with E-state index in [0.29, 0.717) is 31.2 Å². The maximum atomic E-state index is 14.2. The fraction of sp³-hybridized carbons (Fsp3) is 0.516. The van der Waals surface area contributed by atoms with Crippen LogP contribution in [0.3, 0.4) is 0 Å². The molecule has 1 aliphatic heterocycles. The molecule has 41 heavy (non-hydrogen) atoms. The van der Waals surface area contributed by atoms with Crippen LogP contribution >= 0.6 is 15.9 Å². The van der Waals surface area contributed by atoms with Crippen molar-refractivity contribution < 1.29 is 21.6 Å². The third kappa shape index (κ3) is 6.30. The monoisotopic (exact) mass is 651 g/mol. The predicted molar refractivity (Wildman–Crippen MR) is 158 cm³/mol. The second kappa shape index (κ2) is 11.8. The number of piperidine rings is 1. The van der Waals surface area contributed by atoms with Gasteiger partial charge in [-0.15, -0.1) is 0 Å². The van der Waals surface area contributed by atoms with Crippen LogP contribution in [-0.2, 0) is 29.0 Å². The molecular weight excluding hydrogens is 615 g/mol. The largest absolute Gasteiger partial charge is 0.416 e. The van der Waals surface area contributed by atoms with E-state index in [1.807, 2.05) is 31.2 Å². The molecule has 1 saturated heterocycles. The van der Waals surface area contributed by atoms with E-state index >= 15 is 0 Å². The van der Waals surface area contributed by atoms with Gasteiger partial charge in [-0.3, -0.25) is 4.68 Å². The van der Waals surface area contributed by atoms with Gasteiger partial charge in [0.1, 0.15) is 0 Å². The molecule has 2 aromatic carbocycles. The van der Waals surface area contributed by atoms with E-state index in [1.54, 1.807) is 0 Å². The summed E-state index contributed by atoms with van der Waals surface area (Å²) in [6.45, 7) is 6.95. The van der Waals surface area contributed by atoms with Crippen LogP contribution in [0.15, 0.2) is 64.0 Å². The van der Waals surface area contributed by atoms with Crippen molar-refractivity contribution in [2.75, 3.05) is 13.1 Å². The Bertz CT molecular complexity index is 1440. The highest BCUT2D eigenvalue weighted by atomic mass is 79.9. The first-order valence-corrected chi connectivity index (χ1v) is 16.6. The van der Waals surface area contributed by atoms with Crippen molar-refractivity contribution in [3.63, 3.8) is 0 Å². The van der Waals surface area contributed by atoms with Crippen LogP contribution in [0, 0.1) is 6.92 Å². The van der Waals surface area contributed by atoms with Crippen molar-refractivity contribution in [3.8, 4) is 0 Å². The predicted octanol–water partition coefficient (Wildman–Crippen LogP) is 7.57. The third-order valence-electron chi connectivity index (χ3n) is 9.06. The van der Waals surface area contributed by atoms with Gasteiger partial charge in [0.15, 0.2) is 9.84 Å². The fourth-order valence-corrected chi connectivity index (χ4v) is 9.18. The van der Waals surface area contributed by atoms with Crippen molar-refractivity contribution in [2.45, 2.75) is 93.1 Å². The van der Waals surface area contributed by atoms with Crippen LogP contribution in [0.4, 0.5) is 13.2 Å². The number of alkyl halides is 3. The summed E-state index contributed by atoms with van der Waals surface area (Å²) < 4.78 is 69.8. The number of sulfone groups is 1. The number of hydrogen-bond acceptors (Lipinski definition) is 4. The lowest BCUT2D eigenvalue weighted by atomic mass is 9.80. The molecule has 10 heteroatoms. The standard InChI is InChI=1S/C31H37BrF3N3O2S/c1-3-38-29(20-22(2)36-38)24-14-18-37(19-15-24)27-12-16-30(17-13-27,21-23-4-8-26(32)9-5-23)41(39,40)28-10-6-25(7-11-28)31(33,34)35/h4-11,20,24,27H,3,12-19,21H2,1-2H3. The van der Waals surface area contributed by atoms with Crippen LogP contribution in [0.1, 0.15) is 73.9 Å². The van der Waals surface area contributed by atoms with E-state index < -0.39 is 26.3 Å². The van der Waals surface area contributed by atoms with Gasteiger partial charge in [-0.05, 0) is 120 Å². The van der Waals surface area contributed by atoms with Crippen LogP contribution < -0.4 is 0 Å². The first kappa shape index (κ1) is 30.3. The van der Waals surface area contributed by atoms with Gasteiger partial charge in [-0.25, -0.2) is 8.42 Å². The average Bonchev–Trinajstić information content (AvgIpc) is 3.35. The zero-order valence-electron chi connectivity index (χ0n) is 23.5. The molecule has 3 aromatic rings. The highest BCUT2D eigenvalue weighted by Crippen LogP contribution is 2.44. The Balaban J connectivity index is 1.33. The van der Waals surface area contributed by atoms with E-state index in [1.165, 1.54) is 5.69 Å². The normalized spacial score (nSPS) is 23.1. The van der Waals surface area contributed by atoms with Gasteiger partial charge in [0.25, 0.3) is 0 Å². The van der Waals surface area contributed by atoms with E-state index in [2.05, 4.69) is 43.6 Å². The Morgan fingerprint density at radius 2 is 1.59 bits per heavy atom. The molecular formula is C31H37BrF3N3O2S. The molecule has 5 nitrogen and oxygen atoms in total. The molecule has 5 rings (SSSR count). The van der Waals surface area contributed by atoms with Gasteiger partial charge >= 0.3 is 6.18 Å². The van der Waals surface area contributed by atoms with E-state index in [-0.39, 0.29) is 4.90 Å². The summed E-state index contributed by atoms with van der Waals surface area (Å²) >= 11 is 3.44. The summed E-state index contributed by atoms with van der Waals surface area (Å²) in [7, 11) is -3.91. The lowest BCUT2D eigenvalue weighted by Crippen LogP contribution is -2.50. The summed E-state index contributed by atoms with van der Waals surface area (Å²) in [5.74, 6) is 0.479. The van der Waals surface area contributed by atoms with Gasteiger partial charge in [0.2, 0.25) is 0 Å². The van der Waals surface area contributed by atoms with Crippen LogP contribution in [-0.4, -0.2) is 47.0 Å². The molecule has 0 N–H and O–H groups in total. The zero-order chi connectivity index (χ0) is 29.4. The van der Waals surface area contributed by atoms with E-state index in [9.17, 15) is 21.6 Å². The zero-order valence-corrected chi connectivity index (χ0v) is 25.9. The SMILES string of the molecule is CCn1nc(C)cc1C1CCN(C2CCC(Cc3ccc(Br)cc3)(S(=O)(=O)c3ccc(C(F)(F)F)cc3)CC2)CC1. The molecule has 2 fully saturated rings. The second-order valence-corrected chi connectivity index (χ2v) is 14.8. The fourth-order valence-electron chi connectivity index (χ4n) is 6.79. The Kier molecular flexibility index (Phi) is 8.75. The second-order valence-electron chi connectivity index (χ2n) is 11.6.